The van der Waals surface area contributed by atoms with E-state index < -0.39 is 7.12 Å². The van der Waals surface area contributed by atoms with Gasteiger partial charge in [-0.15, -0.1) is 0 Å². The van der Waals surface area contributed by atoms with Gasteiger partial charge in [-0.05, 0) is 18.9 Å². The second-order valence-electron chi connectivity index (χ2n) is 3.64. The van der Waals surface area contributed by atoms with Gasteiger partial charge in [-0.1, -0.05) is 18.0 Å². The molecule has 1 aromatic heterocycles. The van der Waals surface area contributed by atoms with Crippen LogP contribution < -0.4 is 5.46 Å². The molecule has 2 N–H and O–H groups in total. The normalized spacial score (nSPS) is 16.5. The summed E-state index contributed by atoms with van der Waals surface area (Å²) in [5.41, 5.74) is 1.24. The Kier molecular flexibility index (Phi) is 2.77. The Hall–Kier alpha value is -0.575. The van der Waals surface area contributed by atoms with Crippen LogP contribution in [0.3, 0.4) is 0 Å². The first-order chi connectivity index (χ1) is 6.68. The zero-order valence-corrected chi connectivity index (χ0v) is 8.41. The Morgan fingerprint density at radius 3 is 2.57 bits per heavy atom. The van der Waals surface area contributed by atoms with Crippen LogP contribution >= 0.6 is 11.6 Å². The maximum Gasteiger partial charge on any atom is 0.490 e. The minimum Gasteiger partial charge on any atom is -0.423 e. The maximum atomic E-state index is 8.91. The fourth-order valence-corrected chi connectivity index (χ4v) is 1.92. The quantitative estimate of drug-likeness (QED) is 0.708. The molecule has 0 amide bonds. The second-order valence-corrected chi connectivity index (χ2v) is 4.04. The zero-order chi connectivity index (χ0) is 10.1. The van der Waals surface area contributed by atoms with Gasteiger partial charge in [0, 0.05) is 17.6 Å². The molecular formula is C9H11BClNO2. The van der Waals surface area contributed by atoms with E-state index >= 15 is 0 Å². The molecule has 0 spiro atoms. The van der Waals surface area contributed by atoms with E-state index in [1.165, 1.54) is 12.6 Å². The van der Waals surface area contributed by atoms with Gasteiger partial charge in [0.1, 0.15) is 0 Å². The highest BCUT2D eigenvalue weighted by Crippen LogP contribution is 2.37. The van der Waals surface area contributed by atoms with Crippen LogP contribution in [-0.2, 0) is 0 Å². The number of hydrogen-bond acceptors (Lipinski definition) is 3. The summed E-state index contributed by atoms with van der Waals surface area (Å²) in [7, 11) is -1.49. The highest BCUT2D eigenvalue weighted by atomic mass is 35.5. The predicted octanol–water partition coefficient (Wildman–Crippen LogP) is 0.682. The van der Waals surface area contributed by atoms with Crippen molar-refractivity contribution in [3.63, 3.8) is 0 Å². The van der Waals surface area contributed by atoms with Gasteiger partial charge >= 0.3 is 7.12 Å². The fourth-order valence-electron chi connectivity index (χ4n) is 1.59. The monoisotopic (exact) mass is 211 g/mol. The standard InChI is InChI=1S/C9H11BClNO2/c11-8-4-7(10(13)14)5-12-9(8)6-2-1-3-6/h4-6,13-14H,1-3H2. The first-order valence-electron chi connectivity index (χ1n) is 4.70. The molecule has 0 atom stereocenters. The Labute approximate surface area is 87.9 Å². The van der Waals surface area contributed by atoms with Gasteiger partial charge in [-0.2, -0.15) is 0 Å². The van der Waals surface area contributed by atoms with Crippen molar-refractivity contribution >= 4 is 24.2 Å². The predicted molar refractivity (Wildman–Crippen MR) is 55.7 cm³/mol. The van der Waals surface area contributed by atoms with Crippen molar-refractivity contribution in [3.8, 4) is 0 Å². The first kappa shape index (κ1) is 9.96. The van der Waals surface area contributed by atoms with E-state index in [1.54, 1.807) is 6.07 Å². The van der Waals surface area contributed by atoms with Crippen molar-refractivity contribution < 1.29 is 10.0 Å². The van der Waals surface area contributed by atoms with Gasteiger partial charge in [-0.3, -0.25) is 4.98 Å². The van der Waals surface area contributed by atoms with E-state index in [0.717, 1.165) is 18.5 Å². The van der Waals surface area contributed by atoms with Crippen molar-refractivity contribution in [2.24, 2.45) is 0 Å². The summed E-state index contributed by atoms with van der Waals surface area (Å²) < 4.78 is 0. The van der Waals surface area contributed by atoms with Crippen LogP contribution in [0.4, 0.5) is 0 Å². The molecule has 1 fully saturated rings. The minimum atomic E-state index is -1.49. The summed E-state index contributed by atoms with van der Waals surface area (Å²) in [6.45, 7) is 0. The van der Waals surface area contributed by atoms with E-state index in [-0.39, 0.29) is 0 Å². The molecule has 1 aliphatic rings. The van der Waals surface area contributed by atoms with Gasteiger partial charge < -0.3 is 10.0 Å². The van der Waals surface area contributed by atoms with Gasteiger partial charge in [0.15, 0.2) is 0 Å². The lowest BCUT2D eigenvalue weighted by Crippen LogP contribution is -2.30. The van der Waals surface area contributed by atoms with E-state index in [0.29, 0.717) is 16.4 Å². The van der Waals surface area contributed by atoms with Crippen LogP contribution in [0.1, 0.15) is 30.9 Å². The highest BCUT2D eigenvalue weighted by Gasteiger charge is 2.24. The Balaban J connectivity index is 2.26. The third-order valence-electron chi connectivity index (χ3n) is 2.68. The van der Waals surface area contributed by atoms with Crippen LogP contribution in [0.2, 0.25) is 5.02 Å². The second kappa shape index (κ2) is 3.89. The molecule has 1 aliphatic carbocycles. The molecule has 1 aromatic rings. The molecule has 1 heterocycles. The molecule has 74 valence electrons. The van der Waals surface area contributed by atoms with Crippen molar-refractivity contribution in [1.29, 1.82) is 0 Å². The van der Waals surface area contributed by atoms with E-state index in [2.05, 4.69) is 4.98 Å². The number of hydrogen-bond donors (Lipinski definition) is 2. The summed E-state index contributed by atoms with van der Waals surface area (Å²) in [5, 5.41) is 18.4. The van der Waals surface area contributed by atoms with E-state index in [9.17, 15) is 0 Å². The van der Waals surface area contributed by atoms with Gasteiger partial charge in [-0.25, -0.2) is 0 Å². The SMILES string of the molecule is OB(O)c1cnc(C2CCC2)c(Cl)c1. The lowest BCUT2D eigenvalue weighted by molar-refractivity contribution is 0.410. The van der Waals surface area contributed by atoms with Crippen LogP contribution in [0.15, 0.2) is 12.3 Å². The van der Waals surface area contributed by atoms with Crippen LogP contribution in [0.5, 0.6) is 0 Å². The third-order valence-corrected chi connectivity index (χ3v) is 2.98. The van der Waals surface area contributed by atoms with Crippen molar-refractivity contribution in [3.05, 3.63) is 23.0 Å². The van der Waals surface area contributed by atoms with Crippen LogP contribution in [-0.4, -0.2) is 22.2 Å². The number of nitrogens with zero attached hydrogens (tertiary/aromatic N) is 1. The highest BCUT2D eigenvalue weighted by molar-refractivity contribution is 6.58. The Bertz CT molecular complexity index is 342. The summed E-state index contributed by atoms with van der Waals surface area (Å²) in [6, 6.07) is 1.58. The van der Waals surface area contributed by atoms with Crippen molar-refractivity contribution in [2.75, 3.05) is 0 Å². The fraction of sp³-hybridized carbons (Fsp3) is 0.444. The molecule has 14 heavy (non-hydrogen) atoms. The molecular weight excluding hydrogens is 200 g/mol. The third kappa shape index (κ3) is 1.78. The van der Waals surface area contributed by atoms with Gasteiger partial charge in [0.05, 0.1) is 10.7 Å². The Morgan fingerprint density at radius 2 is 2.14 bits per heavy atom. The largest absolute Gasteiger partial charge is 0.490 e. The molecule has 1 saturated carbocycles. The lowest BCUT2D eigenvalue weighted by Gasteiger charge is -2.25. The molecule has 3 nitrogen and oxygen atoms in total. The smallest absolute Gasteiger partial charge is 0.423 e. The topological polar surface area (TPSA) is 53.4 Å². The van der Waals surface area contributed by atoms with E-state index in [4.69, 9.17) is 21.6 Å². The molecule has 5 heteroatoms. The summed E-state index contributed by atoms with van der Waals surface area (Å²) in [5.74, 6) is 0.465. The summed E-state index contributed by atoms with van der Waals surface area (Å²) in [6.07, 6.45) is 4.97. The number of rotatable bonds is 2. The summed E-state index contributed by atoms with van der Waals surface area (Å²) >= 11 is 6.00. The molecule has 0 bridgehead atoms. The number of aromatic nitrogens is 1. The van der Waals surface area contributed by atoms with Crippen LogP contribution in [0.25, 0.3) is 0 Å². The molecule has 0 radical (unpaired) electrons. The Morgan fingerprint density at radius 1 is 1.43 bits per heavy atom. The van der Waals surface area contributed by atoms with E-state index in [1.807, 2.05) is 0 Å². The average Bonchev–Trinajstić information content (AvgIpc) is 2.04. The van der Waals surface area contributed by atoms with Crippen molar-refractivity contribution in [2.45, 2.75) is 25.2 Å². The molecule has 0 aliphatic heterocycles. The summed E-state index contributed by atoms with van der Waals surface area (Å²) in [4.78, 5) is 4.17. The van der Waals surface area contributed by atoms with Gasteiger partial charge in [0.25, 0.3) is 0 Å². The van der Waals surface area contributed by atoms with Crippen molar-refractivity contribution in [1.82, 2.24) is 4.98 Å². The lowest BCUT2D eigenvalue weighted by atomic mass is 9.79. The zero-order valence-electron chi connectivity index (χ0n) is 7.65. The number of pyridine rings is 1. The average molecular weight is 211 g/mol. The molecule has 0 saturated heterocycles. The molecule has 0 unspecified atom stereocenters. The van der Waals surface area contributed by atoms with Crippen LogP contribution in [0, 0.1) is 0 Å². The number of halogens is 1. The first-order valence-corrected chi connectivity index (χ1v) is 5.08. The molecule has 2 rings (SSSR count). The van der Waals surface area contributed by atoms with Gasteiger partial charge in [0.2, 0.25) is 0 Å². The maximum absolute atomic E-state index is 8.91. The molecule has 0 aromatic carbocycles. The minimum absolute atomic E-state index is 0.345.